The molecule has 1 heterocycles. The first-order valence-corrected chi connectivity index (χ1v) is 5.61. The first-order valence-electron chi connectivity index (χ1n) is 5.61. The molecule has 5 nitrogen and oxygen atoms in total. The summed E-state index contributed by atoms with van der Waals surface area (Å²) in [7, 11) is 1.32. The van der Waals surface area contributed by atoms with E-state index in [0.29, 0.717) is 6.54 Å². The topological polar surface area (TPSA) is 55.8 Å². The molecule has 1 aliphatic heterocycles. The molecule has 1 aliphatic rings. The molecule has 1 amide bonds. The number of terminal acetylenes is 1. The van der Waals surface area contributed by atoms with Gasteiger partial charge in [-0.1, -0.05) is 0 Å². The van der Waals surface area contributed by atoms with Crippen molar-refractivity contribution >= 4 is 11.9 Å². The van der Waals surface area contributed by atoms with Crippen LogP contribution in [0.4, 0.5) is 0 Å². The number of hydrogen-bond acceptors (Lipinski definition) is 4. The van der Waals surface area contributed by atoms with Crippen LogP contribution in [0.5, 0.6) is 0 Å². The van der Waals surface area contributed by atoms with Crippen LogP contribution >= 0.6 is 0 Å². The van der Waals surface area contributed by atoms with E-state index < -0.39 is 5.91 Å². The molecule has 0 N–H and O–H groups in total. The molecule has 1 fully saturated rings. The molecule has 0 spiro atoms. The van der Waals surface area contributed by atoms with Crippen LogP contribution in [0.2, 0.25) is 0 Å². The Morgan fingerprint density at radius 3 is 2.88 bits per heavy atom. The third-order valence-corrected chi connectivity index (χ3v) is 2.67. The van der Waals surface area contributed by atoms with Crippen LogP contribution in [0.25, 0.3) is 0 Å². The predicted molar refractivity (Wildman–Crippen MR) is 61.0 cm³/mol. The molecular formula is C12H17NO4. The number of esters is 1. The maximum atomic E-state index is 11.5. The second-order valence-electron chi connectivity index (χ2n) is 3.86. The number of hydrogen-bond donors (Lipinski definition) is 0. The molecule has 1 atom stereocenters. The fraction of sp³-hybridized carbons (Fsp3) is 0.667. The molecule has 1 unspecified atom stereocenters. The van der Waals surface area contributed by atoms with Crippen LogP contribution in [0.15, 0.2) is 0 Å². The fourth-order valence-corrected chi connectivity index (χ4v) is 1.73. The highest BCUT2D eigenvalue weighted by Crippen LogP contribution is 2.13. The molecule has 0 radical (unpaired) electrons. The summed E-state index contributed by atoms with van der Waals surface area (Å²) < 4.78 is 9.96. The largest absolute Gasteiger partial charge is 0.469 e. The van der Waals surface area contributed by atoms with Crippen molar-refractivity contribution in [3.8, 4) is 12.3 Å². The Morgan fingerprint density at radius 2 is 2.35 bits per heavy atom. The van der Waals surface area contributed by atoms with E-state index in [-0.39, 0.29) is 25.0 Å². The average molecular weight is 239 g/mol. The first-order chi connectivity index (χ1) is 8.17. The van der Waals surface area contributed by atoms with E-state index in [1.807, 2.05) is 0 Å². The minimum absolute atomic E-state index is 0.0324. The molecular weight excluding hydrogens is 222 g/mol. The highest BCUT2D eigenvalue weighted by atomic mass is 16.5. The van der Waals surface area contributed by atoms with Gasteiger partial charge in [0.05, 0.1) is 19.6 Å². The lowest BCUT2D eigenvalue weighted by molar-refractivity contribution is -0.141. The predicted octanol–water partition coefficient (Wildman–Crippen LogP) is 0.190. The standard InChI is InChI=1S/C12H17NO4/c1-3-11(14)13(7-6-12(15)16-2)9-10-5-4-8-17-10/h1,10H,4-9H2,2H3. The molecule has 0 saturated carbocycles. The van der Waals surface area contributed by atoms with Gasteiger partial charge in [-0.15, -0.1) is 6.42 Å². The maximum absolute atomic E-state index is 11.5. The summed E-state index contributed by atoms with van der Waals surface area (Å²) in [5.41, 5.74) is 0. The summed E-state index contributed by atoms with van der Waals surface area (Å²) in [6.45, 7) is 1.44. The van der Waals surface area contributed by atoms with E-state index >= 15 is 0 Å². The number of ether oxygens (including phenoxy) is 2. The zero-order valence-electron chi connectivity index (χ0n) is 9.98. The monoisotopic (exact) mass is 239 g/mol. The van der Waals surface area contributed by atoms with E-state index in [2.05, 4.69) is 10.7 Å². The van der Waals surface area contributed by atoms with Gasteiger partial charge in [-0.2, -0.15) is 0 Å². The smallest absolute Gasteiger partial charge is 0.307 e. The lowest BCUT2D eigenvalue weighted by Crippen LogP contribution is -2.38. The van der Waals surface area contributed by atoms with Crippen LogP contribution in [0.3, 0.4) is 0 Å². The van der Waals surface area contributed by atoms with E-state index in [4.69, 9.17) is 11.2 Å². The minimum Gasteiger partial charge on any atom is -0.469 e. The molecule has 17 heavy (non-hydrogen) atoms. The summed E-state index contributed by atoms with van der Waals surface area (Å²) >= 11 is 0. The summed E-state index contributed by atoms with van der Waals surface area (Å²) in [5, 5.41) is 0. The maximum Gasteiger partial charge on any atom is 0.307 e. The second kappa shape index (κ2) is 6.92. The normalized spacial score (nSPS) is 18.5. The Kier molecular flexibility index (Phi) is 5.50. The third-order valence-electron chi connectivity index (χ3n) is 2.67. The second-order valence-corrected chi connectivity index (χ2v) is 3.86. The van der Waals surface area contributed by atoms with Gasteiger partial charge < -0.3 is 14.4 Å². The molecule has 0 aromatic carbocycles. The Balaban J connectivity index is 2.45. The van der Waals surface area contributed by atoms with Crippen LogP contribution in [-0.4, -0.2) is 49.7 Å². The Hall–Kier alpha value is -1.54. The highest BCUT2D eigenvalue weighted by molar-refractivity contribution is 5.93. The lowest BCUT2D eigenvalue weighted by atomic mass is 10.2. The van der Waals surface area contributed by atoms with Crippen molar-refractivity contribution in [2.24, 2.45) is 0 Å². The van der Waals surface area contributed by atoms with Gasteiger partial charge in [-0.05, 0) is 18.8 Å². The summed E-state index contributed by atoms with van der Waals surface area (Å²) in [6, 6.07) is 0. The Morgan fingerprint density at radius 1 is 1.59 bits per heavy atom. The minimum atomic E-state index is -0.413. The molecule has 94 valence electrons. The zero-order chi connectivity index (χ0) is 12.7. The van der Waals surface area contributed by atoms with Crippen LogP contribution in [-0.2, 0) is 19.1 Å². The number of rotatable bonds is 5. The van der Waals surface area contributed by atoms with E-state index in [1.165, 1.54) is 12.0 Å². The SMILES string of the molecule is C#CC(=O)N(CCC(=O)OC)CC1CCCO1. The third kappa shape index (κ3) is 4.45. The summed E-state index contributed by atoms with van der Waals surface area (Å²) in [5.74, 6) is 1.29. The van der Waals surface area contributed by atoms with Crippen molar-refractivity contribution in [2.75, 3.05) is 26.8 Å². The average Bonchev–Trinajstić information content (AvgIpc) is 2.85. The van der Waals surface area contributed by atoms with Gasteiger partial charge in [-0.3, -0.25) is 9.59 Å². The quantitative estimate of drug-likeness (QED) is 0.507. The number of nitrogens with zero attached hydrogens (tertiary/aromatic N) is 1. The van der Waals surface area contributed by atoms with E-state index in [1.54, 1.807) is 0 Å². The van der Waals surface area contributed by atoms with Gasteiger partial charge in [0.2, 0.25) is 0 Å². The van der Waals surface area contributed by atoms with Gasteiger partial charge in [0, 0.05) is 19.7 Å². The van der Waals surface area contributed by atoms with Crippen molar-refractivity contribution in [1.29, 1.82) is 0 Å². The number of carbonyl (C=O) groups excluding carboxylic acids is 2. The van der Waals surface area contributed by atoms with Crippen LogP contribution in [0, 0.1) is 12.3 Å². The van der Waals surface area contributed by atoms with Gasteiger partial charge >= 0.3 is 5.97 Å². The summed E-state index contributed by atoms with van der Waals surface area (Å²) in [4.78, 5) is 24.0. The van der Waals surface area contributed by atoms with Gasteiger partial charge in [0.1, 0.15) is 0 Å². The van der Waals surface area contributed by atoms with Crippen molar-refractivity contribution in [2.45, 2.75) is 25.4 Å². The van der Waals surface area contributed by atoms with Crippen molar-refractivity contribution in [3.05, 3.63) is 0 Å². The first kappa shape index (κ1) is 13.5. The van der Waals surface area contributed by atoms with Crippen LogP contribution < -0.4 is 0 Å². The Labute approximate surface area is 101 Å². The molecule has 1 saturated heterocycles. The number of carbonyl (C=O) groups is 2. The van der Waals surface area contributed by atoms with Crippen molar-refractivity contribution in [1.82, 2.24) is 4.90 Å². The van der Waals surface area contributed by atoms with Crippen molar-refractivity contribution in [3.63, 3.8) is 0 Å². The van der Waals surface area contributed by atoms with Gasteiger partial charge in [-0.25, -0.2) is 0 Å². The van der Waals surface area contributed by atoms with Gasteiger partial charge in [0.15, 0.2) is 0 Å². The fourth-order valence-electron chi connectivity index (χ4n) is 1.73. The molecule has 0 bridgehead atoms. The Bertz CT molecular complexity index is 315. The lowest BCUT2D eigenvalue weighted by Gasteiger charge is -2.22. The van der Waals surface area contributed by atoms with Crippen molar-refractivity contribution < 1.29 is 19.1 Å². The number of amides is 1. The van der Waals surface area contributed by atoms with E-state index in [9.17, 15) is 9.59 Å². The molecule has 0 aromatic rings. The van der Waals surface area contributed by atoms with E-state index in [0.717, 1.165) is 19.4 Å². The molecule has 1 rings (SSSR count). The molecule has 0 aliphatic carbocycles. The zero-order valence-corrected chi connectivity index (χ0v) is 9.98. The highest BCUT2D eigenvalue weighted by Gasteiger charge is 2.22. The number of methoxy groups -OCH3 is 1. The molecule has 5 heteroatoms. The van der Waals surface area contributed by atoms with Crippen LogP contribution in [0.1, 0.15) is 19.3 Å². The summed E-state index contributed by atoms with van der Waals surface area (Å²) in [6.07, 6.45) is 7.19. The van der Waals surface area contributed by atoms with Gasteiger partial charge in [0.25, 0.3) is 5.91 Å². The molecule has 0 aromatic heterocycles.